The summed E-state index contributed by atoms with van der Waals surface area (Å²) in [6.45, 7) is 2.05. The van der Waals surface area contributed by atoms with Gasteiger partial charge in [-0.25, -0.2) is 12.8 Å². The molecule has 1 fully saturated rings. The van der Waals surface area contributed by atoms with Gasteiger partial charge in [0.05, 0.1) is 10.6 Å². The first-order valence-electron chi connectivity index (χ1n) is 7.88. The van der Waals surface area contributed by atoms with Crippen LogP contribution in [0.5, 0.6) is 0 Å². The number of carbonyl (C=O) groups is 1. The van der Waals surface area contributed by atoms with Crippen LogP contribution in [-0.4, -0.2) is 41.0 Å². The van der Waals surface area contributed by atoms with E-state index in [1.54, 1.807) is 20.0 Å². The molecule has 2 aromatic rings. The SMILES string of the molecule is Cc1cc(NC(=O)[C@@H]2CCCN2S(=O)(=O)c2ccc(F)cc2)n(C)n1. The second-order valence-corrected chi connectivity index (χ2v) is 7.90. The van der Waals surface area contributed by atoms with Crippen LogP contribution in [0.25, 0.3) is 0 Å². The van der Waals surface area contributed by atoms with Crippen molar-refractivity contribution < 1.29 is 17.6 Å². The molecule has 25 heavy (non-hydrogen) atoms. The summed E-state index contributed by atoms with van der Waals surface area (Å²) in [6.07, 6.45) is 1.02. The Morgan fingerprint density at radius 3 is 2.60 bits per heavy atom. The van der Waals surface area contributed by atoms with E-state index in [-0.39, 0.29) is 11.4 Å². The summed E-state index contributed by atoms with van der Waals surface area (Å²) in [5, 5.41) is 6.88. The summed E-state index contributed by atoms with van der Waals surface area (Å²) in [7, 11) is -2.16. The van der Waals surface area contributed by atoms with Crippen LogP contribution in [0.2, 0.25) is 0 Å². The van der Waals surface area contributed by atoms with Gasteiger partial charge >= 0.3 is 0 Å². The molecule has 0 radical (unpaired) electrons. The maximum atomic E-state index is 13.1. The van der Waals surface area contributed by atoms with Crippen LogP contribution >= 0.6 is 0 Å². The predicted molar refractivity (Wildman–Crippen MR) is 89.9 cm³/mol. The first-order chi connectivity index (χ1) is 11.8. The Balaban J connectivity index is 1.83. The van der Waals surface area contributed by atoms with E-state index < -0.39 is 27.8 Å². The maximum Gasteiger partial charge on any atom is 0.243 e. The normalized spacial score (nSPS) is 18.4. The van der Waals surface area contributed by atoms with Crippen molar-refractivity contribution in [1.82, 2.24) is 14.1 Å². The number of nitrogens with zero attached hydrogens (tertiary/aromatic N) is 3. The summed E-state index contributed by atoms with van der Waals surface area (Å²) in [6, 6.07) is 5.52. The zero-order chi connectivity index (χ0) is 18.2. The molecule has 1 atom stereocenters. The van der Waals surface area contributed by atoms with Crippen LogP contribution in [0.1, 0.15) is 18.5 Å². The molecule has 1 aromatic heterocycles. The minimum absolute atomic E-state index is 0.0232. The molecule has 0 unspecified atom stereocenters. The van der Waals surface area contributed by atoms with E-state index in [9.17, 15) is 17.6 Å². The fourth-order valence-electron chi connectivity index (χ4n) is 2.97. The van der Waals surface area contributed by atoms with Gasteiger partial charge in [0, 0.05) is 19.7 Å². The van der Waals surface area contributed by atoms with Gasteiger partial charge in [-0.15, -0.1) is 0 Å². The third kappa shape index (κ3) is 3.42. The van der Waals surface area contributed by atoms with Crippen LogP contribution in [0.15, 0.2) is 35.2 Å². The second-order valence-electron chi connectivity index (χ2n) is 6.01. The van der Waals surface area contributed by atoms with Crippen molar-refractivity contribution in [2.45, 2.75) is 30.7 Å². The fourth-order valence-corrected chi connectivity index (χ4v) is 4.63. The fraction of sp³-hybridized carbons (Fsp3) is 0.375. The van der Waals surface area contributed by atoms with Gasteiger partial charge in [-0.2, -0.15) is 9.40 Å². The molecule has 0 spiro atoms. The minimum atomic E-state index is -3.86. The van der Waals surface area contributed by atoms with Crippen molar-refractivity contribution in [3.05, 3.63) is 41.8 Å². The zero-order valence-electron chi connectivity index (χ0n) is 13.9. The molecule has 134 valence electrons. The van der Waals surface area contributed by atoms with Crippen LogP contribution < -0.4 is 5.32 Å². The number of nitrogens with one attached hydrogen (secondary N) is 1. The van der Waals surface area contributed by atoms with Crippen LogP contribution in [0.4, 0.5) is 10.2 Å². The summed E-state index contributed by atoms with van der Waals surface area (Å²) in [4.78, 5) is 12.6. The Kier molecular flexibility index (Phi) is 4.61. The summed E-state index contributed by atoms with van der Waals surface area (Å²) < 4.78 is 41.3. The Morgan fingerprint density at radius 2 is 2.00 bits per heavy atom. The number of carbonyl (C=O) groups excluding carboxylic acids is 1. The highest BCUT2D eigenvalue weighted by Crippen LogP contribution is 2.27. The third-order valence-corrected chi connectivity index (χ3v) is 6.10. The number of benzene rings is 1. The Bertz CT molecular complexity index is 893. The molecule has 1 saturated heterocycles. The number of anilines is 1. The summed E-state index contributed by atoms with van der Waals surface area (Å²) in [5.74, 6) is -0.402. The van der Waals surface area contributed by atoms with Crippen molar-refractivity contribution in [1.29, 1.82) is 0 Å². The van der Waals surface area contributed by atoms with Crippen molar-refractivity contribution in [2.75, 3.05) is 11.9 Å². The molecule has 3 rings (SSSR count). The molecule has 0 bridgehead atoms. The monoisotopic (exact) mass is 366 g/mol. The highest BCUT2D eigenvalue weighted by atomic mass is 32.2. The quantitative estimate of drug-likeness (QED) is 0.892. The molecule has 1 N–H and O–H groups in total. The molecule has 0 aliphatic carbocycles. The van der Waals surface area contributed by atoms with Gasteiger partial charge in [-0.1, -0.05) is 0 Å². The first kappa shape index (κ1) is 17.6. The lowest BCUT2D eigenvalue weighted by Crippen LogP contribution is -2.43. The molecule has 1 aromatic carbocycles. The number of sulfonamides is 1. The van der Waals surface area contributed by atoms with Gasteiger partial charge in [-0.3, -0.25) is 9.48 Å². The van der Waals surface area contributed by atoms with Gasteiger partial charge in [0.2, 0.25) is 15.9 Å². The maximum absolute atomic E-state index is 13.1. The van der Waals surface area contributed by atoms with Crippen LogP contribution in [0, 0.1) is 12.7 Å². The number of hydrogen-bond donors (Lipinski definition) is 1. The number of halogens is 1. The standard InChI is InChI=1S/C16H19FN4O3S/c1-11-10-15(20(2)19-11)18-16(22)14-4-3-9-21(14)25(23,24)13-7-5-12(17)6-8-13/h5-8,10,14H,3-4,9H2,1-2H3,(H,18,22)/t14-/m0/s1. The molecule has 1 amide bonds. The first-order valence-corrected chi connectivity index (χ1v) is 9.32. The Labute approximate surface area is 145 Å². The number of aromatic nitrogens is 2. The van der Waals surface area contributed by atoms with E-state index in [2.05, 4.69) is 10.4 Å². The van der Waals surface area contributed by atoms with Crippen LogP contribution in [0.3, 0.4) is 0 Å². The Morgan fingerprint density at radius 1 is 1.32 bits per heavy atom. The second kappa shape index (κ2) is 6.57. The topological polar surface area (TPSA) is 84.3 Å². The highest BCUT2D eigenvalue weighted by Gasteiger charge is 2.39. The molecule has 0 saturated carbocycles. The zero-order valence-corrected chi connectivity index (χ0v) is 14.8. The summed E-state index contributed by atoms with van der Waals surface area (Å²) >= 11 is 0. The molecular formula is C16H19FN4O3S. The molecular weight excluding hydrogens is 347 g/mol. The molecule has 9 heteroatoms. The van der Waals surface area contributed by atoms with Gasteiger partial charge in [0.25, 0.3) is 0 Å². The Hall–Kier alpha value is -2.26. The van der Waals surface area contributed by atoms with E-state index in [1.807, 2.05) is 0 Å². The molecule has 2 heterocycles. The predicted octanol–water partition coefficient (Wildman–Crippen LogP) is 1.66. The van der Waals surface area contributed by atoms with E-state index in [0.29, 0.717) is 18.7 Å². The lowest BCUT2D eigenvalue weighted by Gasteiger charge is -2.23. The number of rotatable bonds is 4. The van der Waals surface area contributed by atoms with E-state index in [0.717, 1.165) is 17.8 Å². The van der Waals surface area contributed by atoms with Gasteiger partial charge in [-0.05, 0) is 44.0 Å². The van der Waals surface area contributed by atoms with Crippen molar-refractivity contribution in [3.8, 4) is 0 Å². The molecule has 7 nitrogen and oxygen atoms in total. The smallest absolute Gasteiger partial charge is 0.243 e. The number of aryl methyl sites for hydroxylation is 2. The van der Waals surface area contributed by atoms with Gasteiger partial charge in [0.15, 0.2) is 0 Å². The van der Waals surface area contributed by atoms with Crippen molar-refractivity contribution >= 4 is 21.7 Å². The average Bonchev–Trinajstić information content (AvgIpc) is 3.15. The molecule has 1 aliphatic heterocycles. The number of amides is 1. The van der Waals surface area contributed by atoms with E-state index >= 15 is 0 Å². The van der Waals surface area contributed by atoms with Crippen LogP contribution in [-0.2, 0) is 21.9 Å². The largest absolute Gasteiger partial charge is 0.310 e. The van der Waals surface area contributed by atoms with E-state index in [1.165, 1.54) is 21.1 Å². The third-order valence-electron chi connectivity index (χ3n) is 4.18. The lowest BCUT2D eigenvalue weighted by atomic mass is 10.2. The lowest BCUT2D eigenvalue weighted by molar-refractivity contribution is -0.119. The number of hydrogen-bond acceptors (Lipinski definition) is 4. The van der Waals surface area contributed by atoms with Crippen molar-refractivity contribution in [3.63, 3.8) is 0 Å². The van der Waals surface area contributed by atoms with E-state index in [4.69, 9.17) is 0 Å². The van der Waals surface area contributed by atoms with Gasteiger partial charge < -0.3 is 5.32 Å². The average molecular weight is 366 g/mol. The highest BCUT2D eigenvalue weighted by molar-refractivity contribution is 7.89. The summed E-state index contributed by atoms with van der Waals surface area (Å²) in [5.41, 5.74) is 0.750. The van der Waals surface area contributed by atoms with Crippen molar-refractivity contribution in [2.24, 2.45) is 7.05 Å². The van der Waals surface area contributed by atoms with Gasteiger partial charge in [0.1, 0.15) is 17.7 Å². The molecule has 1 aliphatic rings. The minimum Gasteiger partial charge on any atom is -0.310 e.